The molecular weight excluding hydrogens is 269 g/mol. The minimum atomic E-state index is -0.301. The van der Waals surface area contributed by atoms with Crippen molar-refractivity contribution < 1.29 is 13.9 Å². The number of benzene rings is 1. The number of methoxy groups -OCH3 is 1. The van der Waals surface area contributed by atoms with Crippen LogP contribution in [0.5, 0.6) is 5.75 Å². The molecule has 0 aromatic heterocycles. The zero-order chi connectivity index (χ0) is 15.2. The molecule has 0 spiro atoms. The Hall–Kier alpha value is -1.13. The lowest BCUT2D eigenvalue weighted by Crippen LogP contribution is -2.42. The van der Waals surface area contributed by atoms with Crippen LogP contribution in [0.4, 0.5) is 4.39 Å². The van der Waals surface area contributed by atoms with Crippen LogP contribution in [-0.4, -0.2) is 31.9 Å². The average Bonchev–Trinajstić information content (AvgIpc) is 2.90. The van der Waals surface area contributed by atoms with Crippen molar-refractivity contribution >= 4 is 0 Å². The molecule has 1 aliphatic heterocycles. The Morgan fingerprint density at radius 3 is 2.81 bits per heavy atom. The van der Waals surface area contributed by atoms with E-state index >= 15 is 0 Å². The van der Waals surface area contributed by atoms with Crippen LogP contribution in [-0.2, 0) is 11.2 Å². The predicted octanol–water partition coefficient (Wildman–Crippen LogP) is 3.31. The second kappa shape index (κ2) is 7.76. The second-order valence-electron chi connectivity index (χ2n) is 5.80. The number of hydrogen-bond acceptors (Lipinski definition) is 3. The van der Waals surface area contributed by atoms with E-state index in [-0.39, 0.29) is 18.0 Å². The summed E-state index contributed by atoms with van der Waals surface area (Å²) in [5, 5.41) is 3.55. The van der Waals surface area contributed by atoms with Crippen LogP contribution in [0, 0.1) is 5.82 Å². The highest BCUT2D eigenvalue weighted by molar-refractivity contribution is 5.29. The molecule has 3 atom stereocenters. The molecule has 1 saturated heterocycles. The van der Waals surface area contributed by atoms with E-state index in [9.17, 15) is 4.39 Å². The van der Waals surface area contributed by atoms with Gasteiger partial charge in [0, 0.05) is 6.04 Å². The Balaban J connectivity index is 2.05. The van der Waals surface area contributed by atoms with Gasteiger partial charge in [0.1, 0.15) is 0 Å². The first kappa shape index (κ1) is 16.2. The first-order valence-corrected chi connectivity index (χ1v) is 7.85. The molecule has 21 heavy (non-hydrogen) atoms. The maximum atomic E-state index is 13.8. The molecule has 1 N–H and O–H groups in total. The third-order valence-corrected chi connectivity index (χ3v) is 4.04. The van der Waals surface area contributed by atoms with Gasteiger partial charge in [-0.15, -0.1) is 0 Å². The summed E-state index contributed by atoms with van der Waals surface area (Å²) in [4.78, 5) is 0. The fourth-order valence-electron chi connectivity index (χ4n) is 2.89. The summed E-state index contributed by atoms with van der Waals surface area (Å²) in [7, 11) is 1.48. The first-order valence-electron chi connectivity index (χ1n) is 7.85. The Kier molecular flexibility index (Phi) is 6.00. The predicted molar refractivity (Wildman–Crippen MR) is 82.3 cm³/mol. The molecule has 0 radical (unpaired) electrons. The van der Waals surface area contributed by atoms with Crippen molar-refractivity contribution in [1.29, 1.82) is 0 Å². The normalized spacial score (nSPS) is 23.2. The summed E-state index contributed by atoms with van der Waals surface area (Å²) in [6.07, 6.45) is 4.58. The highest BCUT2D eigenvalue weighted by Gasteiger charge is 2.29. The van der Waals surface area contributed by atoms with Gasteiger partial charge in [-0.05, 0) is 56.8 Å². The third-order valence-electron chi connectivity index (χ3n) is 4.04. The van der Waals surface area contributed by atoms with Gasteiger partial charge in [0.2, 0.25) is 0 Å². The fourth-order valence-corrected chi connectivity index (χ4v) is 2.89. The highest BCUT2D eigenvalue weighted by atomic mass is 19.1. The zero-order valence-electron chi connectivity index (χ0n) is 13.2. The van der Waals surface area contributed by atoms with E-state index in [0.29, 0.717) is 11.9 Å². The van der Waals surface area contributed by atoms with Crippen LogP contribution in [0.1, 0.15) is 38.7 Å². The molecule has 0 saturated carbocycles. The van der Waals surface area contributed by atoms with Gasteiger partial charge in [-0.1, -0.05) is 13.0 Å². The summed E-state index contributed by atoms with van der Waals surface area (Å²) >= 11 is 0. The van der Waals surface area contributed by atoms with Gasteiger partial charge in [0.05, 0.1) is 19.3 Å². The summed E-state index contributed by atoms with van der Waals surface area (Å²) in [6, 6.07) is 5.43. The standard InChI is InChI=1S/C17H26FNO2/c1-4-9-19-15(17-7-5-12(2)21-17)11-13-6-8-16(20-3)14(18)10-13/h6,8,10,12,15,17,19H,4-5,7,9,11H2,1-3H3. The van der Waals surface area contributed by atoms with E-state index in [1.807, 2.05) is 6.07 Å². The largest absolute Gasteiger partial charge is 0.494 e. The zero-order valence-corrected chi connectivity index (χ0v) is 13.2. The van der Waals surface area contributed by atoms with Gasteiger partial charge in [-0.25, -0.2) is 4.39 Å². The van der Waals surface area contributed by atoms with E-state index in [1.165, 1.54) is 7.11 Å². The average molecular weight is 295 g/mol. The smallest absolute Gasteiger partial charge is 0.165 e. The second-order valence-corrected chi connectivity index (χ2v) is 5.80. The van der Waals surface area contributed by atoms with Crippen LogP contribution < -0.4 is 10.1 Å². The van der Waals surface area contributed by atoms with E-state index in [0.717, 1.165) is 37.8 Å². The van der Waals surface area contributed by atoms with Gasteiger partial charge in [-0.2, -0.15) is 0 Å². The lowest BCUT2D eigenvalue weighted by Gasteiger charge is -2.25. The van der Waals surface area contributed by atoms with Gasteiger partial charge >= 0.3 is 0 Å². The minimum absolute atomic E-state index is 0.219. The number of hydrogen-bond donors (Lipinski definition) is 1. The van der Waals surface area contributed by atoms with Crippen LogP contribution in [0.3, 0.4) is 0 Å². The molecule has 2 rings (SSSR count). The molecule has 1 aliphatic rings. The van der Waals surface area contributed by atoms with E-state index in [2.05, 4.69) is 19.2 Å². The topological polar surface area (TPSA) is 30.5 Å². The van der Waals surface area contributed by atoms with Gasteiger partial charge < -0.3 is 14.8 Å². The van der Waals surface area contributed by atoms with Crippen LogP contribution in [0.2, 0.25) is 0 Å². The maximum absolute atomic E-state index is 13.8. The summed E-state index contributed by atoms with van der Waals surface area (Å²) in [5.41, 5.74) is 0.977. The lowest BCUT2D eigenvalue weighted by atomic mass is 9.98. The van der Waals surface area contributed by atoms with E-state index in [4.69, 9.17) is 9.47 Å². The van der Waals surface area contributed by atoms with Gasteiger partial charge in [0.25, 0.3) is 0 Å². The van der Waals surface area contributed by atoms with Crippen molar-refractivity contribution in [3.05, 3.63) is 29.6 Å². The van der Waals surface area contributed by atoms with Crippen molar-refractivity contribution in [2.24, 2.45) is 0 Å². The van der Waals surface area contributed by atoms with Crippen molar-refractivity contribution in [2.45, 2.75) is 57.8 Å². The summed E-state index contributed by atoms with van der Waals surface area (Å²) in [5.74, 6) is -0.00694. The fraction of sp³-hybridized carbons (Fsp3) is 0.647. The van der Waals surface area contributed by atoms with Crippen molar-refractivity contribution in [3.63, 3.8) is 0 Å². The molecule has 1 aromatic carbocycles. The highest BCUT2D eigenvalue weighted by Crippen LogP contribution is 2.25. The minimum Gasteiger partial charge on any atom is -0.494 e. The molecule has 0 amide bonds. The number of rotatable bonds is 7. The van der Waals surface area contributed by atoms with Crippen LogP contribution in [0.25, 0.3) is 0 Å². The maximum Gasteiger partial charge on any atom is 0.165 e. The summed E-state index contributed by atoms with van der Waals surface area (Å²) in [6.45, 7) is 5.22. The molecule has 1 fully saturated rings. The Morgan fingerprint density at radius 2 is 2.24 bits per heavy atom. The molecule has 0 bridgehead atoms. The van der Waals surface area contributed by atoms with Crippen LogP contribution >= 0.6 is 0 Å². The molecule has 3 unspecified atom stereocenters. The molecule has 4 heteroatoms. The van der Waals surface area contributed by atoms with E-state index < -0.39 is 0 Å². The molecular formula is C17H26FNO2. The molecule has 118 valence electrons. The first-order chi connectivity index (χ1) is 10.1. The van der Waals surface area contributed by atoms with Crippen LogP contribution in [0.15, 0.2) is 18.2 Å². The van der Waals surface area contributed by atoms with Crippen molar-refractivity contribution in [3.8, 4) is 5.75 Å². The SMILES string of the molecule is CCCNC(Cc1ccc(OC)c(F)c1)C1CCC(C)O1. The molecule has 3 nitrogen and oxygen atoms in total. The lowest BCUT2D eigenvalue weighted by molar-refractivity contribution is 0.0320. The quantitative estimate of drug-likeness (QED) is 0.837. The number of halogens is 1. The van der Waals surface area contributed by atoms with Gasteiger partial charge in [0.15, 0.2) is 11.6 Å². The Bertz CT molecular complexity index is 452. The molecule has 0 aliphatic carbocycles. The Labute approximate surface area is 126 Å². The van der Waals surface area contributed by atoms with E-state index in [1.54, 1.807) is 12.1 Å². The van der Waals surface area contributed by atoms with Gasteiger partial charge in [-0.3, -0.25) is 0 Å². The molecule has 1 aromatic rings. The summed E-state index contributed by atoms with van der Waals surface area (Å²) < 4.78 is 24.8. The number of nitrogens with one attached hydrogen (secondary N) is 1. The third kappa shape index (κ3) is 4.42. The molecule has 1 heterocycles. The van der Waals surface area contributed by atoms with Crippen molar-refractivity contribution in [1.82, 2.24) is 5.32 Å². The Morgan fingerprint density at radius 1 is 1.43 bits per heavy atom. The number of ether oxygens (including phenoxy) is 2. The monoisotopic (exact) mass is 295 g/mol. The van der Waals surface area contributed by atoms with Crippen molar-refractivity contribution in [2.75, 3.05) is 13.7 Å².